The fourth-order valence-electron chi connectivity index (χ4n) is 2.30. The molecule has 0 bridgehead atoms. The number of benzene rings is 2. The molecule has 1 amide bonds. The van der Waals surface area contributed by atoms with Crippen LogP contribution in [0.4, 0.5) is 5.69 Å². The van der Waals surface area contributed by atoms with E-state index in [1.54, 1.807) is 42.5 Å². The number of aryl methyl sites for hydroxylation is 1. The third kappa shape index (κ3) is 4.73. The van der Waals surface area contributed by atoms with Crippen molar-refractivity contribution in [3.05, 3.63) is 78.1 Å². The van der Waals surface area contributed by atoms with E-state index in [1.807, 2.05) is 18.2 Å². The summed E-state index contributed by atoms with van der Waals surface area (Å²) in [5.74, 6) is -0.262. The summed E-state index contributed by atoms with van der Waals surface area (Å²) in [6, 6.07) is 19.3. The van der Waals surface area contributed by atoms with E-state index >= 15 is 0 Å². The molecule has 0 fully saturated rings. The van der Waals surface area contributed by atoms with Crippen LogP contribution >= 0.6 is 0 Å². The number of hydrogen-bond acceptors (Lipinski definition) is 4. The van der Waals surface area contributed by atoms with E-state index in [-0.39, 0.29) is 18.1 Å². The van der Waals surface area contributed by atoms with Crippen LogP contribution in [0.25, 0.3) is 0 Å². The monoisotopic (exact) mass is 351 g/mol. The van der Waals surface area contributed by atoms with Crippen LogP contribution in [0.3, 0.4) is 0 Å². The van der Waals surface area contributed by atoms with Crippen LogP contribution in [0, 0.1) is 0 Å². The standard InChI is InChI=1S/C20H17NO5/c22-18(23)12-8-14-6-9-15(10-7-14)21-20(24)17-11-13-19(26-17)25-16-4-2-1-3-5-16/h1-7,9-11,13H,8,12H2,(H,21,24)(H,22,23). The summed E-state index contributed by atoms with van der Waals surface area (Å²) in [6.07, 6.45) is 0.518. The number of rotatable bonds is 7. The van der Waals surface area contributed by atoms with E-state index in [0.29, 0.717) is 17.9 Å². The van der Waals surface area contributed by atoms with Gasteiger partial charge < -0.3 is 19.6 Å². The second-order valence-corrected chi connectivity index (χ2v) is 5.58. The molecule has 0 aliphatic rings. The van der Waals surface area contributed by atoms with Crippen LogP contribution < -0.4 is 10.1 Å². The van der Waals surface area contributed by atoms with Gasteiger partial charge in [-0.2, -0.15) is 0 Å². The largest absolute Gasteiger partial charge is 0.481 e. The van der Waals surface area contributed by atoms with Gasteiger partial charge in [-0.25, -0.2) is 0 Å². The Kier molecular flexibility index (Phi) is 5.34. The molecule has 0 saturated heterocycles. The molecule has 0 aliphatic carbocycles. The van der Waals surface area contributed by atoms with Crippen molar-refractivity contribution < 1.29 is 23.8 Å². The SMILES string of the molecule is O=C(O)CCc1ccc(NC(=O)c2ccc(Oc3ccccc3)o2)cc1. The Morgan fingerprint density at radius 1 is 0.962 bits per heavy atom. The zero-order valence-electron chi connectivity index (χ0n) is 13.8. The molecule has 3 rings (SSSR count). The molecule has 132 valence electrons. The predicted molar refractivity (Wildman–Crippen MR) is 95.6 cm³/mol. The molecule has 0 spiro atoms. The summed E-state index contributed by atoms with van der Waals surface area (Å²) >= 11 is 0. The summed E-state index contributed by atoms with van der Waals surface area (Å²) < 4.78 is 10.9. The van der Waals surface area contributed by atoms with Gasteiger partial charge in [-0.05, 0) is 42.3 Å². The number of aliphatic carboxylic acids is 1. The van der Waals surface area contributed by atoms with Crippen LogP contribution in [0.15, 0.2) is 71.1 Å². The van der Waals surface area contributed by atoms with Crippen molar-refractivity contribution in [2.75, 3.05) is 5.32 Å². The summed E-state index contributed by atoms with van der Waals surface area (Å²) in [6.45, 7) is 0. The van der Waals surface area contributed by atoms with Crippen molar-refractivity contribution in [1.82, 2.24) is 0 Å². The topological polar surface area (TPSA) is 88.8 Å². The highest BCUT2D eigenvalue weighted by molar-refractivity contribution is 6.02. The maximum Gasteiger partial charge on any atom is 0.303 e. The molecule has 6 nitrogen and oxygen atoms in total. The second kappa shape index (κ2) is 8.02. The van der Waals surface area contributed by atoms with E-state index in [4.69, 9.17) is 14.3 Å². The summed E-state index contributed by atoms with van der Waals surface area (Å²) in [5, 5.41) is 11.4. The highest BCUT2D eigenvalue weighted by Crippen LogP contribution is 2.24. The van der Waals surface area contributed by atoms with Crippen molar-refractivity contribution in [3.63, 3.8) is 0 Å². The lowest BCUT2D eigenvalue weighted by Crippen LogP contribution is -2.10. The lowest BCUT2D eigenvalue weighted by Gasteiger charge is -2.05. The van der Waals surface area contributed by atoms with Gasteiger partial charge in [0.25, 0.3) is 11.9 Å². The fraction of sp³-hybridized carbons (Fsp3) is 0.100. The average Bonchev–Trinajstić information content (AvgIpc) is 3.10. The molecular weight excluding hydrogens is 334 g/mol. The Morgan fingerprint density at radius 2 is 1.69 bits per heavy atom. The molecule has 0 aliphatic heterocycles. The number of para-hydroxylation sites is 1. The lowest BCUT2D eigenvalue weighted by atomic mass is 10.1. The molecule has 0 atom stereocenters. The molecule has 6 heteroatoms. The maximum atomic E-state index is 12.2. The van der Waals surface area contributed by atoms with Gasteiger partial charge >= 0.3 is 5.97 Å². The summed E-state index contributed by atoms with van der Waals surface area (Å²) in [4.78, 5) is 22.8. The van der Waals surface area contributed by atoms with E-state index in [1.165, 1.54) is 6.07 Å². The van der Waals surface area contributed by atoms with Gasteiger partial charge in [-0.3, -0.25) is 9.59 Å². The molecule has 0 radical (unpaired) electrons. The smallest absolute Gasteiger partial charge is 0.303 e. The first-order valence-corrected chi connectivity index (χ1v) is 8.05. The zero-order chi connectivity index (χ0) is 18.4. The van der Waals surface area contributed by atoms with Gasteiger partial charge in [0, 0.05) is 18.2 Å². The molecule has 0 saturated carbocycles. The quantitative estimate of drug-likeness (QED) is 0.661. The van der Waals surface area contributed by atoms with Crippen molar-refractivity contribution in [2.45, 2.75) is 12.8 Å². The van der Waals surface area contributed by atoms with Crippen LogP contribution in [0.5, 0.6) is 11.7 Å². The first-order chi connectivity index (χ1) is 12.6. The molecule has 0 unspecified atom stereocenters. The summed E-state index contributed by atoms with van der Waals surface area (Å²) in [5.41, 5.74) is 1.48. The Hall–Kier alpha value is -3.54. The first-order valence-electron chi connectivity index (χ1n) is 8.05. The number of ether oxygens (including phenoxy) is 1. The summed E-state index contributed by atoms with van der Waals surface area (Å²) in [7, 11) is 0. The Morgan fingerprint density at radius 3 is 2.38 bits per heavy atom. The molecule has 1 aromatic heterocycles. The minimum absolute atomic E-state index is 0.0717. The van der Waals surface area contributed by atoms with Crippen LogP contribution in [0.2, 0.25) is 0 Å². The van der Waals surface area contributed by atoms with E-state index in [2.05, 4.69) is 5.32 Å². The van der Waals surface area contributed by atoms with Gasteiger partial charge in [-0.1, -0.05) is 30.3 Å². The number of furan rings is 1. The minimum Gasteiger partial charge on any atom is -0.481 e. The molecular formula is C20H17NO5. The van der Waals surface area contributed by atoms with Crippen molar-refractivity contribution in [2.24, 2.45) is 0 Å². The minimum atomic E-state index is -0.839. The van der Waals surface area contributed by atoms with Gasteiger partial charge in [0.05, 0.1) is 0 Å². The normalized spacial score (nSPS) is 10.3. The van der Waals surface area contributed by atoms with Gasteiger partial charge in [0.15, 0.2) is 5.76 Å². The molecule has 1 heterocycles. The number of carbonyl (C=O) groups excluding carboxylic acids is 1. The number of amides is 1. The fourth-order valence-corrected chi connectivity index (χ4v) is 2.30. The second-order valence-electron chi connectivity index (χ2n) is 5.58. The van der Waals surface area contributed by atoms with Crippen molar-refractivity contribution >= 4 is 17.6 Å². The third-order valence-electron chi connectivity index (χ3n) is 3.61. The number of hydrogen-bond donors (Lipinski definition) is 2. The highest BCUT2D eigenvalue weighted by atomic mass is 16.6. The first kappa shape index (κ1) is 17.3. The Balaban J connectivity index is 1.59. The Labute approximate surface area is 150 Å². The van der Waals surface area contributed by atoms with Crippen molar-refractivity contribution in [3.8, 4) is 11.7 Å². The number of carboxylic acids is 1. The highest BCUT2D eigenvalue weighted by Gasteiger charge is 2.13. The lowest BCUT2D eigenvalue weighted by molar-refractivity contribution is -0.136. The van der Waals surface area contributed by atoms with Gasteiger partial charge in [0.1, 0.15) is 5.75 Å². The zero-order valence-corrected chi connectivity index (χ0v) is 13.8. The van der Waals surface area contributed by atoms with Crippen molar-refractivity contribution in [1.29, 1.82) is 0 Å². The molecule has 3 aromatic rings. The average molecular weight is 351 g/mol. The molecule has 26 heavy (non-hydrogen) atoms. The number of carboxylic acid groups (broad SMARTS) is 1. The number of carbonyl (C=O) groups is 2. The molecule has 2 N–H and O–H groups in total. The van der Waals surface area contributed by atoms with E-state index < -0.39 is 11.9 Å². The Bertz CT molecular complexity index is 884. The third-order valence-corrected chi connectivity index (χ3v) is 3.61. The predicted octanol–water partition coefficient (Wildman–Crippen LogP) is 4.34. The molecule has 2 aromatic carbocycles. The van der Waals surface area contributed by atoms with Gasteiger partial charge in [0.2, 0.25) is 0 Å². The van der Waals surface area contributed by atoms with Crippen LogP contribution in [0.1, 0.15) is 22.5 Å². The number of nitrogens with one attached hydrogen (secondary N) is 1. The van der Waals surface area contributed by atoms with E-state index in [0.717, 1.165) is 5.56 Å². The maximum absolute atomic E-state index is 12.2. The van der Waals surface area contributed by atoms with Crippen LogP contribution in [-0.2, 0) is 11.2 Å². The van der Waals surface area contributed by atoms with Crippen LogP contribution in [-0.4, -0.2) is 17.0 Å². The number of anilines is 1. The van der Waals surface area contributed by atoms with Gasteiger partial charge in [-0.15, -0.1) is 0 Å². The van der Waals surface area contributed by atoms with E-state index in [9.17, 15) is 9.59 Å².